The average Bonchev–Trinajstić information content (AvgIpc) is 2.93. The fourth-order valence-electron chi connectivity index (χ4n) is 3.11. The Hall–Kier alpha value is -0.610. The van der Waals surface area contributed by atoms with E-state index in [-0.39, 0.29) is 0 Å². The summed E-state index contributed by atoms with van der Waals surface area (Å²) < 4.78 is 0. The van der Waals surface area contributed by atoms with E-state index in [1.807, 2.05) is 18.2 Å². The van der Waals surface area contributed by atoms with Gasteiger partial charge in [0.25, 0.3) is 0 Å². The molecule has 1 aromatic carbocycles. The standard InChI is InChI=1S/C15H24ClN4PS/c1-10(17)13-3-2-4-14(15(13)18)20(19)12-6-5-11(9-12)7-8-21(16)22/h2-4,11-12,22H,1,5-9,17-19H2. The lowest BCUT2D eigenvalue weighted by molar-refractivity contribution is 0.514. The SMILES string of the molecule is C=C(N)c1cccc(N(N)C2CCC(CCP(S)Cl)C2)c1N. The van der Waals surface area contributed by atoms with E-state index in [0.29, 0.717) is 23.3 Å². The summed E-state index contributed by atoms with van der Waals surface area (Å²) in [6.07, 6.45) is 5.43. The van der Waals surface area contributed by atoms with Crippen LogP contribution in [0, 0.1) is 5.92 Å². The molecule has 4 nitrogen and oxygen atoms in total. The summed E-state index contributed by atoms with van der Waals surface area (Å²) in [7, 11) is 0. The molecule has 1 aliphatic carbocycles. The Morgan fingerprint density at radius 2 is 2.18 bits per heavy atom. The molecule has 1 fully saturated rings. The molecule has 3 atom stereocenters. The number of anilines is 2. The van der Waals surface area contributed by atoms with E-state index in [9.17, 15) is 0 Å². The summed E-state index contributed by atoms with van der Waals surface area (Å²) >= 11 is 10.3. The van der Waals surface area contributed by atoms with Gasteiger partial charge in [0.2, 0.25) is 0 Å². The molecule has 0 bridgehead atoms. The van der Waals surface area contributed by atoms with Crippen LogP contribution in [0.1, 0.15) is 31.2 Å². The third-order valence-corrected chi connectivity index (χ3v) is 6.07. The van der Waals surface area contributed by atoms with Crippen molar-refractivity contribution < 1.29 is 0 Å². The molecule has 0 radical (unpaired) electrons. The van der Waals surface area contributed by atoms with Crippen molar-refractivity contribution >= 4 is 47.0 Å². The highest BCUT2D eigenvalue weighted by Crippen LogP contribution is 2.48. The van der Waals surface area contributed by atoms with Crippen molar-refractivity contribution in [1.29, 1.82) is 0 Å². The van der Waals surface area contributed by atoms with Crippen LogP contribution in [-0.2, 0) is 0 Å². The summed E-state index contributed by atoms with van der Waals surface area (Å²) in [5.41, 5.74) is 14.6. The lowest BCUT2D eigenvalue weighted by Gasteiger charge is -2.28. The minimum Gasteiger partial charge on any atom is -0.399 e. The molecule has 22 heavy (non-hydrogen) atoms. The molecule has 0 aliphatic heterocycles. The number of rotatable bonds is 6. The van der Waals surface area contributed by atoms with Gasteiger partial charge in [0.15, 0.2) is 0 Å². The van der Waals surface area contributed by atoms with Crippen molar-refractivity contribution in [3.63, 3.8) is 0 Å². The van der Waals surface area contributed by atoms with Crippen LogP contribution >= 0.6 is 30.0 Å². The normalized spacial score (nSPS) is 22.5. The molecule has 0 heterocycles. The summed E-state index contributed by atoms with van der Waals surface area (Å²) in [6.45, 7) is 3.13. The lowest BCUT2D eigenvalue weighted by Crippen LogP contribution is -2.40. The van der Waals surface area contributed by atoms with Gasteiger partial charge in [-0.3, -0.25) is 0 Å². The van der Waals surface area contributed by atoms with E-state index in [4.69, 9.17) is 28.6 Å². The van der Waals surface area contributed by atoms with Gasteiger partial charge in [-0.25, -0.2) is 5.84 Å². The van der Waals surface area contributed by atoms with E-state index >= 15 is 0 Å². The van der Waals surface area contributed by atoms with Crippen LogP contribution in [-0.4, -0.2) is 12.2 Å². The Morgan fingerprint density at radius 1 is 1.45 bits per heavy atom. The second-order valence-electron chi connectivity index (χ2n) is 5.85. The van der Waals surface area contributed by atoms with Crippen LogP contribution in [0.3, 0.4) is 0 Å². The number of thiol groups is 1. The number of benzene rings is 1. The molecule has 122 valence electrons. The van der Waals surface area contributed by atoms with Gasteiger partial charge in [0, 0.05) is 23.8 Å². The first-order valence-electron chi connectivity index (χ1n) is 7.39. The molecule has 2 rings (SSSR count). The van der Waals surface area contributed by atoms with Crippen molar-refractivity contribution in [3.8, 4) is 0 Å². The number of nitrogen functional groups attached to an aromatic ring is 1. The van der Waals surface area contributed by atoms with Gasteiger partial charge in [-0.05, 0) is 43.8 Å². The average molecular weight is 359 g/mol. The van der Waals surface area contributed by atoms with Gasteiger partial charge >= 0.3 is 0 Å². The molecule has 1 aliphatic rings. The third kappa shape index (κ3) is 4.23. The van der Waals surface area contributed by atoms with E-state index in [0.717, 1.165) is 36.7 Å². The Morgan fingerprint density at radius 3 is 2.82 bits per heavy atom. The van der Waals surface area contributed by atoms with E-state index in [2.05, 4.69) is 18.8 Å². The smallest absolute Gasteiger partial charge is 0.0756 e. The number of nitrogens with two attached hydrogens (primary N) is 3. The molecule has 6 N–H and O–H groups in total. The van der Waals surface area contributed by atoms with Crippen LogP contribution in [0.15, 0.2) is 24.8 Å². The quantitative estimate of drug-likeness (QED) is 0.204. The van der Waals surface area contributed by atoms with Gasteiger partial charge in [-0.1, -0.05) is 30.0 Å². The Bertz CT molecular complexity index is 540. The van der Waals surface area contributed by atoms with Crippen LogP contribution in [0.25, 0.3) is 5.70 Å². The third-order valence-electron chi connectivity index (χ3n) is 4.34. The monoisotopic (exact) mass is 358 g/mol. The lowest BCUT2D eigenvalue weighted by atomic mass is 10.0. The summed E-state index contributed by atoms with van der Waals surface area (Å²) in [5.74, 6) is 7.00. The predicted molar refractivity (Wildman–Crippen MR) is 103 cm³/mol. The van der Waals surface area contributed by atoms with Crippen LogP contribution in [0.2, 0.25) is 0 Å². The zero-order valence-electron chi connectivity index (χ0n) is 12.6. The van der Waals surface area contributed by atoms with Gasteiger partial charge in [-0.2, -0.15) is 0 Å². The minimum absolute atomic E-state index is 0.301. The molecular weight excluding hydrogens is 335 g/mol. The molecule has 0 saturated heterocycles. The van der Waals surface area contributed by atoms with E-state index in [1.54, 1.807) is 5.01 Å². The van der Waals surface area contributed by atoms with Crippen molar-refractivity contribution in [2.75, 3.05) is 16.9 Å². The van der Waals surface area contributed by atoms with Gasteiger partial charge in [0.1, 0.15) is 0 Å². The largest absolute Gasteiger partial charge is 0.399 e. The number of hydrogen-bond donors (Lipinski definition) is 4. The van der Waals surface area contributed by atoms with Crippen LogP contribution < -0.4 is 22.3 Å². The zero-order chi connectivity index (χ0) is 16.3. The second-order valence-corrected chi connectivity index (χ2v) is 10.4. The summed E-state index contributed by atoms with van der Waals surface area (Å²) in [4.78, 5) is 0. The maximum atomic E-state index is 6.33. The fraction of sp³-hybridized carbons (Fsp3) is 0.467. The molecule has 0 aromatic heterocycles. The molecule has 3 unspecified atom stereocenters. The zero-order valence-corrected chi connectivity index (χ0v) is 15.1. The Kier molecular flexibility index (Phi) is 6.27. The number of nitrogens with zero attached hydrogens (tertiary/aromatic N) is 1. The molecule has 1 aromatic rings. The number of hydrazine groups is 1. The van der Waals surface area contributed by atoms with E-state index in [1.165, 1.54) is 6.42 Å². The first kappa shape index (κ1) is 17.7. The van der Waals surface area contributed by atoms with Crippen molar-refractivity contribution in [3.05, 3.63) is 30.3 Å². The molecule has 1 saturated carbocycles. The maximum absolute atomic E-state index is 6.33. The number of halogens is 1. The van der Waals surface area contributed by atoms with Crippen molar-refractivity contribution in [1.82, 2.24) is 0 Å². The first-order valence-corrected chi connectivity index (χ1v) is 11.0. The maximum Gasteiger partial charge on any atom is 0.0756 e. The van der Waals surface area contributed by atoms with Crippen molar-refractivity contribution in [2.45, 2.75) is 31.7 Å². The fourth-order valence-corrected chi connectivity index (χ4v) is 4.32. The van der Waals surface area contributed by atoms with Crippen LogP contribution in [0.4, 0.5) is 11.4 Å². The van der Waals surface area contributed by atoms with Crippen molar-refractivity contribution in [2.24, 2.45) is 17.5 Å². The Labute approximate surface area is 143 Å². The van der Waals surface area contributed by atoms with E-state index < -0.39 is 6.48 Å². The van der Waals surface area contributed by atoms with Crippen LogP contribution in [0.5, 0.6) is 0 Å². The number of hydrogen-bond acceptors (Lipinski definition) is 5. The highest BCUT2D eigenvalue weighted by Gasteiger charge is 2.29. The number of para-hydroxylation sites is 1. The topological polar surface area (TPSA) is 81.3 Å². The van der Waals surface area contributed by atoms with Gasteiger partial charge in [0.05, 0.1) is 11.4 Å². The molecular formula is C15H24ClN4PS. The first-order chi connectivity index (χ1) is 10.4. The molecule has 7 heteroatoms. The Balaban J connectivity index is 2.05. The summed E-state index contributed by atoms with van der Waals surface area (Å²) in [6, 6.07) is 6.01. The van der Waals surface area contributed by atoms with Gasteiger partial charge in [-0.15, -0.1) is 12.2 Å². The second kappa shape index (κ2) is 7.78. The molecule has 0 spiro atoms. The predicted octanol–water partition coefficient (Wildman–Crippen LogP) is 3.92. The minimum atomic E-state index is -0.629. The van der Waals surface area contributed by atoms with Gasteiger partial charge < -0.3 is 16.5 Å². The highest BCUT2D eigenvalue weighted by molar-refractivity contribution is 8.53. The highest BCUT2D eigenvalue weighted by atomic mass is 35.7. The summed E-state index contributed by atoms with van der Waals surface area (Å²) in [5, 5.41) is 1.80. The molecule has 0 amide bonds.